The highest BCUT2D eigenvalue weighted by atomic mass is 16.5. The fraction of sp³-hybridized carbons (Fsp3) is 0.375. The van der Waals surface area contributed by atoms with Crippen molar-refractivity contribution in [1.82, 2.24) is 14.8 Å². The van der Waals surface area contributed by atoms with Crippen molar-refractivity contribution in [3.8, 4) is 23.1 Å². The predicted octanol–water partition coefficient (Wildman–Crippen LogP) is 4.64. The Morgan fingerprint density at radius 2 is 1.77 bits per heavy atom. The average molecular weight is 423 g/mol. The molecule has 7 nitrogen and oxygen atoms in total. The van der Waals surface area contributed by atoms with Crippen LogP contribution in [0.3, 0.4) is 0 Å². The van der Waals surface area contributed by atoms with Gasteiger partial charge in [-0.15, -0.1) is 5.10 Å². The first-order valence-electron chi connectivity index (χ1n) is 10.3. The Hall–Kier alpha value is -3.19. The molecule has 0 atom stereocenters. The molecule has 1 heterocycles. The molecular weight excluding hydrogens is 392 g/mol. The molecule has 0 aliphatic carbocycles. The number of nitrogens with zero attached hydrogens (tertiary/aromatic N) is 3. The van der Waals surface area contributed by atoms with E-state index in [4.69, 9.17) is 9.47 Å². The number of aryl methyl sites for hydroxylation is 1. The lowest BCUT2D eigenvalue weighted by molar-refractivity contribution is -0.117. The van der Waals surface area contributed by atoms with Crippen molar-refractivity contribution in [3.05, 3.63) is 54.1 Å². The largest absolute Gasteiger partial charge is 0.460 e. The lowest BCUT2D eigenvalue weighted by Crippen LogP contribution is -2.19. The first-order valence-corrected chi connectivity index (χ1v) is 10.3. The Morgan fingerprint density at radius 1 is 1.06 bits per heavy atom. The van der Waals surface area contributed by atoms with E-state index in [9.17, 15) is 4.79 Å². The molecule has 0 spiro atoms. The maximum atomic E-state index is 12.2. The second-order valence-electron chi connectivity index (χ2n) is 8.62. The molecule has 3 aromatic rings. The topological polar surface area (TPSA) is 78.3 Å². The molecule has 1 N–H and O–H groups in total. The van der Waals surface area contributed by atoms with Crippen molar-refractivity contribution in [2.45, 2.75) is 34.1 Å². The van der Waals surface area contributed by atoms with E-state index in [1.807, 2.05) is 76.2 Å². The minimum absolute atomic E-state index is 0.00423. The van der Waals surface area contributed by atoms with Gasteiger partial charge in [0.15, 0.2) is 5.82 Å². The van der Waals surface area contributed by atoms with Gasteiger partial charge in [0.25, 0.3) is 0 Å². The van der Waals surface area contributed by atoms with Crippen molar-refractivity contribution < 1.29 is 14.3 Å². The molecule has 0 saturated carbocycles. The van der Waals surface area contributed by atoms with Gasteiger partial charge < -0.3 is 14.8 Å². The maximum Gasteiger partial charge on any atom is 0.336 e. The van der Waals surface area contributed by atoms with Crippen molar-refractivity contribution in [2.24, 2.45) is 5.41 Å². The summed E-state index contributed by atoms with van der Waals surface area (Å²) < 4.78 is 12.4. The lowest BCUT2D eigenvalue weighted by atomic mass is 9.92. The molecule has 0 aliphatic heterocycles. The monoisotopic (exact) mass is 422 g/mol. The van der Waals surface area contributed by atoms with E-state index < -0.39 is 0 Å². The summed E-state index contributed by atoms with van der Waals surface area (Å²) >= 11 is 0. The summed E-state index contributed by atoms with van der Waals surface area (Å²) in [7, 11) is 1.62. The number of nitrogens with one attached hydrogen (secondary N) is 1. The summed E-state index contributed by atoms with van der Waals surface area (Å²) in [6.07, 6.45) is 0.456. The Balaban J connectivity index is 1.88. The van der Waals surface area contributed by atoms with Crippen LogP contribution in [0.5, 0.6) is 6.01 Å². The van der Waals surface area contributed by atoms with Crippen LogP contribution in [0.1, 0.15) is 32.8 Å². The molecule has 0 radical (unpaired) electrons. The van der Waals surface area contributed by atoms with Crippen LogP contribution in [-0.4, -0.2) is 41.0 Å². The van der Waals surface area contributed by atoms with E-state index in [0.717, 1.165) is 22.5 Å². The Labute approximate surface area is 183 Å². The van der Waals surface area contributed by atoms with Gasteiger partial charge in [0, 0.05) is 24.8 Å². The van der Waals surface area contributed by atoms with Crippen LogP contribution in [0, 0.1) is 12.3 Å². The highest BCUT2D eigenvalue weighted by Crippen LogP contribution is 2.27. The third-order valence-electron chi connectivity index (χ3n) is 4.58. The van der Waals surface area contributed by atoms with E-state index in [1.165, 1.54) is 0 Å². The first kappa shape index (κ1) is 22.5. The van der Waals surface area contributed by atoms with Gasteiger partial charge >= 0.3 is 6.01 Å². The molecule has 0 aliphatic rings. The zero-order valence-corrected chi connectivity index (χ0v) is 18.8. The van der Waals surface area contributed by atoms with Crippen molar-refractivity contribution in [1.29, 1.82) is 0 Å². The molecule has 2 aromatic carbocycles. The number of ether oxygens (including phenoxy) is 2. The molecule has 3 rings (SSSR count). The summed E-state index contributed by atoms with van der Waals surface area (Å²) in [5, 5.41) is 7.50. The van der Waals surface area contributed by atoms with E-state index in [-0.39, 0.29) is 17.3 Å². The van der Waals surface area contributed by atoms with Crippen molar-refractivity contribution >= 4 is 11.6 Å². The second-order valence-corrected chi connectivity index (χ2v) is 8.62. The minimum Gasteiger partial charge on any atom is -0.460 e. The van der Waals surface area contributed by atoms with E-state index in [0.29, 0.717) is 25.5 Å². The van der Waals surface area contributed by atoms with Gasteiger partial charge in [-0.05, 0) is 42.2 Å². The molecule has 1 aromatic heterocycles. The fourth-order valence-electron chi connectivity index (χ4n) is 3.12. The molecule has 0 bridgehead atoms. The normalized spacial score (nSPS) is 11.4. The zero-order valence-electron chi connectivity index (χ0n) is 18.8. The number of hydrogen-bond acceptors (Lipinski definition) is 5. The van der Waals surface area contributed by atoms with E-state index in [2.05, 4.69) is 15.4 Å². The summed E-state index contributed by atoms with van der Waals surface area (Å²) in [5.74, 6) is 0.686. The number of carbonyl (C=O) groups excluding carboxylic acids is 1. The van der Waals surface area contributed by atoms with Crippen LogP contribution in [0.2, 0.25) is 0 Å². The van der Waals surface area contributed by atoms with Crippen LogP contribution in [0.15, 0.2) is 48.5 Å². The molecule has 164 valence electrons. The zero-order chi connectivity index (χ0) is 22.4. The van der Waals surface area contributed by atoms with Gasteiger partial charge in [-0.2, -0.15) is 4.98 Å². The number of methoxy groups -OCH3 is 1. The average Bonchev–Trinajstić information content (AvgIpc) is 3.11. The summed E-state index contributed by atoms with van der Waals surface area (Å²) in [5.41, 5.74) is 3.56. The second kappa shape index (κ2) is 9.75. The smallest absolute Gasteiger partial charge is 0.336 e. The number of anilines is 1. The third-order valence-corrected chi connectivity index (χ3v) is 4.58. The van der Waals surface area contributed by atoms with E-state index in [1.54, 1.807) is 11.8 Å². The maximum absolute atomic E-state index is 12.2. The van der Waals surface area contributed by atoms with Gasteiger partial charge in [0.2, 0.25) is 5.91 Å². The number of aromatic nitrogens is 3. The van der Waals surface area contributed by atoms with Gasteiger partial charge in [0.1, 0.15) is 6.61 Å². The van der Waals surface area contributed by atoms with Gasteiger partial charge in [-0.1, -0.05) is 45.0 Å². The van der Waals surface area contributed by atoms with Crippen LogP contribution < -0.4 is 10.1 Å². The summed E-state index contributed by atoms with van der Waals surface area (Å²) in [6, 6.07) is 15.8. The van der Waals surface area contributed by atoms with Crippen LogP contribution in [0.4, 0.5) is 5.69 Å². The molecule has 0 fully saturated rings. The van der Waals surface area contributed by atoms with E-state index >= 15 is 0 Å². The molecular formula is C24H30N4O3. The quantitative estimate of drug-likeness (QED) is 0.535. The number of hydrogen-bond donors (Lipinski definition) is 1. The molecule has 0 saturated heterocycles. The third kappa shape index (κ3) is 6.15. The summed E-state index contributed by atoms with van der Waals surface area (Å²) in [6.45, 7) is 8.98. The van der Waals surface area contributed by atoms with Crippen molar-refractivity contribution in [2.75, 3.05) is 25.6 Å². The van der Waals surface area contributed by atoms with Gasteiger partial charge in [-0.25, -0.2) is 4.68 Å². The molecule has 1 amide bonds. The highest BCUT2D eigenvalue weighted by molar-refractivity contribution is 5.91. The summed E-state index contributed by atoms with van der Waals surface area (Å²) in [4.78, 5) is 16.8. The molecule has 0 unspecified atom stereocenters. The highest BCUT2D eigenvalue weighted by Gasteiger charge is 2.18. The van der Waals surface area contributed by atoms with Crippen LogP contribution in [-0.2, 0) is 9.53 Å². The van der Waals surface area contributed by atoms with Crippen LogP contribution >= 0.6 is 0 Å². The van der Waals surface area contributed by atoms with Crippen LogP contribution in [0.25, 0.3) is 17.1 Å². The Bertz CT molecular complexity index is 1020. The number of rotatable bonds is 8. The standard InChI is InChI=1S/C24H30N4O3/c1-17-8-6-7-9-20(17)22-26-23(31-15-14-30-5)27-28(22)19-12-10-18(11-13-19)25-21(29)16-24(2,3)4/h6-13H,14-16H2,1-5H3,(H,25,29). The minimum atomic E-state index is -0.0631. The fourth-order valence-corrected chi connectivity index (χ4v) is 3.12. The Morgan fingerprint density at radius 3 is 2.42 bits per heavy atom. The lowest BCUT2D eigenvalue weighted by Gasteiger charge is -2.17. The number of carbonyl (C=O) groups is 1. The number of amides is 1. The molecule has 31 heavy (non-hydrogen) atoms. The number of benzene rings is 2. The molecule has 7 heteroatoms. The SMILES string of the molecule is COCCOc1nc(-c2ccccc2C)n(-c2ccc(NC(=O)CC(C)(C)C)cc2)n1. The first-order chi connectivity index (χ1) is 14.8. The van der Waals surface area contributed by atoms with Gasteiger partial charge in [0.05, 0.1) is 12.3 Å². The van der Waals surface area contributed by atoms with Gasteiger partial charge in [-0.3, -0.25) is 4.79 Å². The Kier molecular flexibility index (Phi) is 7.07. The predicted molar refractivity (Wildman–Crippen MR) is 122 cm³/mol. The van der Waals surface area contributed by atoms with Crippen molar-refractivity contribution in [3.63, 3.8) is 0 Å².